The van der Waals surface area contributed by atoms with E-state index in [4.69, 9.17) is 4.42 Å². The van der Waals surface area contributed by atoms with Crippen LogP contribution in [0.1, 0.15) is 0 Å². The molecule has 240 valence electrons. The number of rotatable bonds is 6. The van der Waals surface area contributed by atoms with Gasteiger partial charge < -0.3 is 9.32 Å². The first-order valence-corrected chi connectivity index (χ1v) is 18.1. The Morgan fingerprint density at radius 3 is 1.71 bits per heavy atom. The van der Waals surface area contributed by atoms with E-state index in [-0.39, 0.29) is 0 Å². The number of hydrogen-bond donors (Lipinski definition) is 0. The molecule has 2 aromatic heterocycles. The summed E-state index contributed by atoms with van der Waals surface area (Å²) in [7, 11) is 0. The molecule has 0 bridgehead atoms. The van der Waals surface area contributed by atoms with Crippen molar-refractivity contribution in [1.29, 1.82) is 0 Å². The van der Waals surface area contributed by atoms with Crippen molar-refractivity contribution in [2.45, 2.75) is 0 Å². The van der Waals surface area contributed by atoms with E-state index < -0.39 is 0 Å². The van der Waals surface area contributed by atoms with E-state index in [2.05, 4.69) is 181 Å². The highest BCUT2D eigenvalue weighted by atomic mass is 32.1. The molecule has 10 rings (SSSR count). The molecule has 8 aromatic carbocycles. The fraction of sp³-hybridized carbons (Fsp3) is 0. The second kappa shape index (κ2) is 12.2. The molecule has 51 heavy (non-hydrogen) atoms. The van der Waals surface area contributed by atoms with Crippen LogP contribution in [0.5, 0.6) is 0 Å². The molecule has 2 nitrogen and oxygen atoms in total. The van der Waals surface area contributed by atoms with Crippen molar-refractivity contribution in [1.82, 2.24) is 0 Å². The lowest BCUT2D eigenvalue weighted by Gasteiger charge is -2.27. The molecule has 0 aliphatic carbocycles. The topological polar surface area (TPSA) is 16.4 Å². The monoisotopic (exact) mass is 669 g/mol. The third kappa shape index (κ3) is 5.10. The van der Waals surface area contributed by atoms with E-state index in [0.29, 0.717) is 0 Å². The van der Waals surface area contributed by atoms with Gasteiger partial charge in [0.25, 0.3) is 0 Å². The largest absolute Gasteiger partial charge is 0.456 e. The lowest BCUT2D eigenvalue weighted by atomic mass is 9.94. The second-order valence-corrected chi connectivity index (χ2v) is 14.0. The Bertz CT molecular complexity index is 2850. The molecule has 10 aromatic rings. The van der Waals surface area contributed by atoms with Gasteiger partial charge in [-0.05, 0) is 94.0 Å². The summed E-state index contributed by atoms with van der Waals surface area (Å²) in [5, 5.41) is 4.84. The van der Waals surface area contributed by atoms with E-state index in [0.717, 1.165) is 39.0 Å². The van der Waals surface area contributed by atoms with Crippen LogP contribution < -0.4 is 4.90 Å². The van der Waals surface area contributed by atoms with Gasteiger partial charge in [-0.1, -0.05) is 127 Å². The zero-order valence-corrected chi connectivity index (χ0v) is 28.5. The summed E-state index contributed by atoms with van der Waals surface area (Å²) in [4.78, 5) is 2.36. The Morgan fingerprint density at radius 2 is 0.941 bits per heavy atom. The SMILES string of the molecule is c1ccc(-c2ccccc2-c2ccc(N(c3ccc(-c4ccc5sc6ccccc6c5c4)cc3)c3cccc4oc5ccccc5c34)cc2)cc1. The molecule has 0 N–H and O–H groups in total. The van der Waals surface area contributed by atoms with Gasteiger partial charge in [-0.15, -0.1) is 11.3 Å². The molecule has 0 amide bonds. The summed E-state index contributed by atoms with van der Waals surface area (Å²) >= 11 is 1.85. The Balaban J connectivity index is 1.10. The van der Waals surface area contributed by atoms with Crippen molar-refractivity contribution in [3.8, 4) is 33.4 Å². The van der Waals surface area contributed by atoms with Gasteiger partial charge in [-0.3, -0.25) is 0 Å². The van der Waals surface area contributed by atoms with Crippen LogP contribution >= 0.6 is 11.3 Å². The lowest BCUT2D eigenvalue weighted by Crippen LogP contribution is -2.10. The first-order valence-electron chi connectivity index (χ1n) is 17.3. The standard InChI is InChI=1S/C48H31NOS/c1-2-11-33(12-3-1)38-13-4-5-14-39(38)34-23-28-37(29-24-34)49(43-17-10-19-45-48(43)41-16-6-8-18-44(41)50-45)36-26-21-32(22-27-36)35-25-30-47-42(31-35)40-15-7-9-20-46(40)51-47/h1-31H. The predicted octanol–water partition coefficient (Wildman–Crippen LogP) is 14.4. The number of nitrogens with zero attached hydrogens (tertiary/aromatic N) is 1. The van der Waals surface area contributed by atoms with Gasteiger partial charge in [0.05, 0.1) is 11.1 Å². The zero-order chi connectivity index (χ0) is 33.7. The fourth-order valence-corrected chi connectivity index (χ4v) is 8.56. The van der Waals surface area contributed by atoms with Crippen molar-refractivity contribution >= 4 is 70.5 Å². The average Bonchev–Trinajstić information content (AvgIpc) is 3.77. The van der Waals surface area contributed by atoms with E-state index in [1.165, 1.54) is 53.6 Å². The summed E-state index contributed by atoms with van der Waals surface area (Å²) in [5.41, 5.74) is 12.2. The van der Waals surface area contributed by atoms with E-state index >= 15 is 0 Å². The maximum Gasteiger partial charge on any atom is 0.137 e. The minimum Gasteiger partial charge on any atom is -0.456 e. The molecular formula is C48H31NOS. The molecule has 0 unspecified atom stereocenters. The number of fused-ring (bicyclic) bond motifs is 6. The van der Waals surface area contributed by atoms with Crippen molar-refractivity contribution < 1.29 is 4.42 Å². The van der Waals surface area contributed by atoms with Crippen molar-refractivity contribution in [3.63, 3.8) is 0 Å². The average molecular weight is 670 g/mol. The molecule has 0 aliphatic rings. The van der Waals surface area contributed by atoms with Crippen LogP contribution in [0.3, 0.4) is 0 Å². The lowest BCUT2D eigenvalue weighted by molar-refractivity contribution is 0.669. The number of benzene rings is 8. The van der Waals surface area contributed by atoms with Crippen LogP contribution in [-0.2, 0) is 0 Å². The molecule has 0 radical (unpaired) electrons. The van der Waals surface area contributed by atoms with Crippen LogP contribution in [0.2, 0.25) is 0 Å². The highest BCUT2D eigenvalue weighted by molar-refractivity contribution is 7.25. The molecule has 2 heterocycles. The predicted molar refractivity (Wildman–Crippen MR) is 218 cm³/mol. The maximum absolute atomic E-state index is 6.36. The molecule has 0 fully saturated rings. The maximum atomic E-state index is 6.36. The number of anilines is 3. The summed E-state index contributed by atoms with van der Waals surface area (Å²) in [5.74, 6) is 0. The van der Waals surface area contributed by atoms with E-state index in [1.807, 2.05) is 23.5 Å². The minimum atomic E-state index is 0.875. The molecule has 3 heteroatoms. The van der Waals surface area contributed by atoms with Crippen LogP contribution in [0.15, 0.2) is 192 Å². The zero-order valence-electron chi connectivity index (χ0n) is 27.7. The van der Waals surface area contributed by atoms with Gasteiger partial charge in [-0.2, -0.15) is 0 Å². The third-order valence-corrected chi connectivity index (χ3v) is 11.1. The van der Waals surface area contributed by atoms with Gasteiger partial charge in [0, 0.05) is 36.9 Å². The number of furan rings is 1. The Hall–Kier alpha value is -6.42. The van der Waals surface area contributed by atoms with Gasteiger partial charge in [0.2, 0.25) is 0 Å². The Kier molecular flexibility index (Phi) is 7.04. The van der Waals surface area contributed by atoms with Gasteiger partial charge >= 0.3 is 0 Å². The first-order chi connectivity index (χ1) is 25.3. The summed E-state index contributed by atoms with van der Waals surface area (Å²) in [6.07, 6.45) is 0. The van der Waals surface area contributed by atoms with E-state index in [1.54, 1.807) is 0 Å². The van der Waals surface area contributed by atoms with Gasteiger partial charge in [0.1, 0.15) is 11.2 Å². The van der Waals surface area contributed by atoms with Crippen molar-refractivity contribution in [2.24, 2.45) is 0 Å². The first kappa shape index (κ1) is 29.5. The van der Waals surface area contributed by atoms with Gasteiger partial charge in [-0.25, -0.2) is 0 Å². The third-order valence-electron chi connectivity index (χ3n) is 9.91. The highest BCUT2D eigenvalue weighted by Gasteiger charge is 2.20. The molecule has 0 atom stereocenters. The van der Waals surface area contributed by atoms with Crippen molar-refractivity contribution in [2.75, 3.05) is 4.90 Å². The quantitative estimate of drug-likeness (QED) is 0.175. The molecular weight excluding hydrogens is 639 g/mol. The highest BCUT2D eigenvalue weighted by Crippen LogP contribution is 2.44. The fourth-order valence-electron chi connectivity index (χ4n) is 7.47. The number of para-hydroxylation sites is 1. The summed E-state index contributed by atoms with van der Waals surface area (Å²) in [6.45, 7) is 0. The minimum absolute atomic E-state index is 0.875. The molecule has 0 spiro atoms. The van der Waals surface area contributed by atoms with Gasteiger partial charge in [0.15, 0.2) is 0 Å². The summed E-state index contributed by atoms with van der Waals surface area (Å²) in [6, 6.07) is 67.4. The molecule has 0 aliphatic heterocycles. The normalized spacial score (nSPS) is 11.5. The second-order valence-electron chi connectivity index (χ2n) is 12.9. The Morgan fingerprint density at radius 1 is 0.373 bits per heavy atom. The van der Waals surface area contributed by atoms with Crippen LogP contribution in [0.4, 0.5) is 17.1 Å². The van der Waals surface area contributed by atoms with Crippen LogP contribution in [0, 0.1) is 0 Å². The number of hydrogen-bond acceptors (Lipinski definition) is 3. The van der Waals surface area contributed by atoms with Crippen molar-refractivity contribution in [3.05, 3.63) is 188 Å². The van der Waals surface area contributed by atoms with E-state index in [9.17, 15) is 0 Å². The van der Waals surface area contributed by atoms with Crippen LogP contribution in [0.25, 0.3) is 75.5 Å². The molecule has 0 saturated heterocycles. The smallest absolute Gasteiger partial charge is 0.137 e. The van der Waals surface area contributed by atoms with Crippen LogP contribution in [-0.4, -0.2) is 0 Å². The molecule has 0 saturated carbocycles. The summed E-state index contributed by atoms with van der Waals surface area (Å²) < 4.78 is 9.00. The number of thiophene rings is 1. The Labute approximate surface area is 300 Å².